The topological polar surface area (TPSA) is 209 Å². The molecule has 8 saturated heterocycles. The van der Waals surface area contributed by atoms with Crippen LogP contribution in [0.2, 0.25) is 0 Å². The second-order valence-corrected chi connectivity index (χ2v) is 27.9. The van der Waals surface area contributed by atoms with Crippen LogP contribution in [0.3, 0.4) is 0 Å². The first kappa shape index (κ1) is 72.0. The zero-order valence-corrected chi connectivity index (χ0v) is 59.0. The van der Waals surface area contributed by atoms with Gasteiger partial charge in [-0.3, -0.25) is 29.0 Å². The molecular formula is C77H95F2N17O7. The van der Waals surface area contributed by atoms with Crippen molar-refractivity contribution in [1.29, 1.82) is 0 Å². The van der Waals surface area contributed by atoms with Crippen molar-refractivity contribution in [3.05, 3.63) is 204 Å². The molecule has 14 rings (SSSR count). The second kappa shape index (κ2) is 32.5. The van der Waals surface area contributed by atoms with Crippen LogP contribution >= 0.6 is 0 Å². The van der Waals surface area contributed by atoms with E-state index in [0.717, 1.165) is 132 Å². The van der Waals surface area contributed by atoms with Gasteiger partial charge in [0.25, 0.3) is 0 Å². The highest BCUT2D eigenvalue weighted by Gasteiger charge is 2.53. The number of carbonyl (C=O) groups excluding carboxylic acids is 5. The Kier molecular flexibility index (Phi) is 22.7. The number of carbonyl (C=O) groups is 5. The molecule has 4 atom stereocenters. The summed E-state index contributed by atoms with van der Waals surface area (Å²) in [6.45, 7) is 28.8. The van der Waals surface area contributed by atoms with Gasteiger partial charge in [0.05, 0.1) is 50.7 Å². The molecule has 0 aliphatic carbocycles. The van der Waals surface area contributed by atoms with E-state index in [2.05, 4.69) is 66.7 Å². The summed E-state index contributed by atoms with van der Waals surface area (Å²) in [6, 6.07) is 37.5. The molecular weight excluding hydrogens is 1310 g/mol. The van der Waals surface area contributed by atoms with E-state index in [1.807, 2.05) is 102 Å². The number of hydrazine groups is 2. The molecule has 3 N–H and O–H groups in total. The molecule has 8 fully saturated rings. The number of aromatic nitrogens is 2. The molecule has 0 saturated carbocycles. The zero-order chi connectivity index (χ0) is 71.8. The Hall–Kier alpha value is -9.41. The van der Waals surface area contributed by atoms with Crippen LogP contribution < -0.4 is 15.1 Å². The van der Waals surface area contributed by atoms with Crippen molar-refractivity contribution in [3.8, 4) is 11.5 Å². The number of anilines is 2. The number of likely N-dealkylation sites (N-methyl/N-ethyl adjacent to an activating group) is 2. The predicted molar refractivity (Wildman–Crippen MR) is 387 cm³/mol. The van der Waals surface area contributed by atoms with Gasteiger partial charge in [0.1, 0.15) is 59.2 Å². The second-order valence-electron chi connectivity index (χ2n) is 27.9. The zero-order valence-electron chi connectivity index (χ0n) is 59.0. The number of halogens is 2. The first-order valence-corrected chi connectivity index (χ1v) is 36.2. The van der Waals surface area contributed by atoms with Crippen LogP contribution in [0, 0.1) is 11.6 Å². The molecule has 0 unspecified atom stereocenters. The molecule has 26 heteroatoms. The number of aromatic hydroxyl groups is 2. The minimum Gasteiger partial charge on any atom is -0.508 e. The van der Waals surface area contributed by atoms with Crippen LogP contribution in [-0.4, -0.2) is 276 Å². The van der Waals surface area contributed by atoms with Crippen LogP contribution in [0.5, 0.6) is 11.5 Å². The number of hydrogen-bond donors (Lipinski definition) is 3. The van der Waals surface area contributed by atoms with E-state index in [4.69, 9.17) is 9.97 Å². The molecule has 8 aliphatic heterocycles. The molecule has 0 bridgehead atoms. The number of phenols is 2. The van der Waals surface area contributed by atoms with Crippen LogP contribution in [0.4, 0.5) is 25.2 Å². The highest BCUT2D eigenvalue weighted by atomic mass is 19.1. The summed E-state index contributed by atoms with van der Waals surface area (Å²) in [6.07, 6.45) is 1.86. The minimum atomic E-state index is -1.11. The Morgan fingerprint density at radius 2 is 0.981 bits per heavy atom. The number of hydrogen-bond acceptors (Lipinski definition) is 18. The highest BCUT2D eigenvalue weighted by molar-refractivity contribution is 5.92. The predicted octanol–water partition coefficient (Wildman–Crippen LogP) is 5.27. The van der Waals surface area contributed by atoms with E-state index in [1.165, 1.54) is 34.2 Å². The lowest BCUT2D eigenvalue weighted by Crippen LogP contribution is -2.76. The monoisotopic (exact) mass is 1410 g/mol. The van der Waals surface area contributed by atoms with Crippen molar-refractivity contribution < 1.29 is 43.0 Å². The standard InChI is InChI=1S/C39H48FN9O4.C38H47FN8O3/c1-3-15-47-27-37(51)48-34(20-29-13-14-32(50)21-33(29)40)38(52)46(26-36(48)49(47)39(53)41-22-28-9-6-5-7-10-28)23-30-11-8-12-35(42-30)45-24-31(25-45)44-18-16-43(4-2)17-19-44;1-3-15-45-27-37(49)47-34(20-29-13-14-32(48)21-33(29)39)38(50)44(26-36(47)46(45)22-28-9-6-5-7-10-28)23-30-11-8-12-35(40-30)43-24-31(25-43)42-18-16-41(4-2)17-19-42/h3,5-14,21,31,34,36,50H,1,4,15-20,22-27H2,2H3,(H,41,53);3,5-14,21,31,34,36,48H,1,4,15-20,22-27H2,2H3/t34-,36-;34-,36+/m00/s1. The van der Waals surface area contributed by atoms with Crippen molar-refractivity contribution in [2.75, 3.05) is 141 Å². The number of rotatable bonds is 22. The third kappa shape index (κ3) is 16.3. The Morgan fingerprint density at radius 3 is 1.45 bits per heavy atom. The van der Waals surface area contributed by atoms with E-state index in [0.29, 0.717) is 30.9 Å². The first-order valence-electron chi connectivity index (χ1n) is 36.2. The summed E-state index contributed by atoms with van der Waals surface area (Å²) < 4.78 is 30.3. The number of fused-ring (bicyclic) bond motifs is 2. The summed E-state index contributed by atoms with van der Waals surface area (Å²) >= 11 is 0. The smallest absolute Gasteiger partial charge is 0.334 e. The van der Waals surface area contributed by atoms with E-state index in [1.54, 1.807) is 31.9 Å². The molecule has 0 radical (unpaired) electrons. The Balaban J connectivity index is 0.000000184. The van der Waals surface area contributed by atoms with Gasteiger partial charge in [-0.1, -0.05) is 111 Å². The van der Waals surface area contributed by atoms with Crippen molar-refractivity contribution in [2.45, 2.75) is 89.4 Å². The number of nitrogens with zero attached hydrogens (tertiary/aromatic N) is 16. The summed E-state index contributed by atoms with van der Waals surface area (Å²) in [5, 5.41) is 30.0. The van der Waals surface area contributed by atoms with Crippen LogP contribution in [0.15, 0.2) is 159 Å². The molecule has 6 aromatic rings. The van der Waals surface area contributed by atoms with Gasteiger partial charge < -0.3 is 54.7 Å². The maximum Gasteiger partial charge on any atom is 0.334 e. The van der Waals surface area contributed by atoms with E-state index >= 15 is 8.78 Å². The van der Waals surface area contributed by atoms with E-state index in [9.17, 15) is 34.2 Å². The number of piperazine rings is 4. The van der Waals surface area contributed by atoms with Crippen molar-refractivity contribution in [3.63, 3.8) is 0 Å². The summed E-state index contributed by atoms with van der Waals surface area (Å²) in [4.78, 5) is 102. The van der Waals surface area contributed by atoms with Gasteiger partial charge >= 0.3 is 6.03 Å². The lowest BCUT2D eigenvalue weighted by molar-refractivity contribution is -0.204. The maximum absolute atomic E-state index is 15.2. The summed E-state index contributed by atoms with van der Waals surface area (Å²) in [5.41, 5.74) is 3.84. The minimum absolute atomic E-state index is 0.0144. The van der Waals surface area contributed by atoms with Crippen LogP contribution in [0.1, 0.15) is 47.5 Å². The molecule has 544 valence electrons. The molecule has 10 heterocycles. The molecule has 8 aliphatic rings. The number of amides is 6. The fourth-order valence-electron chi connectivity index (χ4n) is 15.6. The molecule has 0 spiro atoms. The molecule has 24 nitrogen and oxygen atoms in total. The quantitative estimate of drug-likeness (QED) is 0.0740. The van der Waals surface area contributed by atoms with Crippen molar-refractivity contribution in [1.82, 2.24) is 74.5 Å². The normalized spacial score (nSPS) is 22.3. The number of benzene rings is 4. The average Bonchev–Trinajstić information content (AvgIpc) is 0.751. The molecule has 103 heavy (non-hydrogen) atoms. The number of urea groups is 1. The van der Waals surface area contributed by atoms with Crippen LogP contribution in [0.25, 0.3) is 0 Å². The average molecular weight is 1410 g/mol. The van der Waals surface area contributed by atoms with Gasteiger partial charge in [-0.25, -0.2) is 43.6 Å². The largest absolute Gasteiger partial charge is 0.508 e. The fraction of sp³-hybridized carbons (Fsp3) is 0.442. The summed E-state index contributed by atoms with van der Waals surface area (Å²) in [7, 11) is 0. The molecule has 6 amide bonds. The number of pyridine rings is 2. The lowest BCUT2D eigenvalue weighted by Gasteiger charge is -2.55. The fourth-order valence-corrected chi connectivity index (χ4v) is 15.6. The molecule has 4 aromatic carbocycles. The van der Waals surface area contributed by atoms with E-state index in [-0.39, 0.29) is 111 Å². The van der Waals surface area contributed by atoms with Crippen LogP contribution in [-0.2, 0) is 58.2 Å². The highest BCUT2D eigenvalue weighted by Crippen LogP contribution is 2.35. The number of nitrogens with one attached hydrogen (secondary N) is 1. The Labute approximate surface area is 601 Å². The van der Waals surface area contributed by atoms with Crippen molar-refractivity contribution in [2.24, 2.45) is 0 Å². The van der Waals surface area contributed by atoms with Gasteiger partial charge in [-0.05, 0) is 71.7 Å². The lowest BCUT2D eigenvalue weighted by atomic mass is 9.98. The van der Waals surface area contributed by atoms with Gasteiger partial charge in [0.2, 0.25) is 23.6 Å². The maximum atomic E-state index is 15.2. The Bertz CT molecular complexity index is 3990. The first-order chi connectivity index (χ1) is 50.0. The third-order valence-electron chi connectivity index (χ3n) is 21.4. The van der Waals surface area contributed by atoms with Gasteiger partial charge in [-0.15, -0.1) is 13.2 Å². The summed E-state index contributed by atoms with van der Waals surface area (Å²) in [5.74, 6) is -1.16. The van der Waals surface area contributed by atoms with Gasteiger partial charge in [-0.2, -0.15) is 0 Å². The van der Waals surface area contributed by atoms with Gasteiger partial charge in [0, 0.05) is 142 Å². The molecule has 2 aromatic heterocycles. The van der Waals surface area contributed by atoms with Crippen molar-refractivity contribution >= 4 is 41.3 Å². The van der Waals surface area contributed by atoms with Gasteiger partial charge in [0.15, 0.2) is 0 Å². The Morgan fingerprint density at radius 1 is 0.534 bits per heavy atom. The van der Waals surface area contributed by atoms with E-state index < -0.39 is 42.1 Å². The third-order valence-corrected chi connectivity index (χ3v) is 21.4. The number of phenolic OH excluding ortho intramolecular Hbond substituents is 2. The SMILES string of the molecule is C=CCN1CC(=O)N2[C@@H](Cc3ccc(O)cc3F)C(=O)N(Cc3cccc(N4CC(N5CCN(CC)CC5)C4)n3)C[C@@H]2N1C(=O)NCc1ccccc1.C=CCN1CC(=O)N2[C@@H](Cc3ccc(O)cc3F)C(=O)N(Cc3cccc(N4CC(N5CCN(CC)CC5)C4)n3)C[C@@H]2N1Cc1ccccc1.